The van der Waals surface area contributed by atoms with E-state index in [9.17, 15) is 0 Å². The first-order valence-corrected chi connectivity index (χ1v) is 8.07. The fourth-order valence-electron chi connectivity index (χ4n) is 2.36. The van der Waals surface area contributed by atoms with Crippen molar-refractivity contribution < 1.29 is 0 Å². The zero-order chi connectivity index (χ0) is 13.7. The topological polar surface area (TPSA) is 17.8 Å². The van der Waals surface area contributed by atoms with Gasteiger partial charge in [-0.15, -0.1) is 0 Å². The molecular formula is C16H21BrN2. The van der Waals surface area contributed by atoms with Crippen molar-refractivity contribution in [3.05, 3.63) is 53.3 Å². The Morgan fingerprint density at radius 3 is 2.53 bits per heavy atom. The van der Waals surface area contributed by atoms with Gasteiger partial charge in [-0.3, -0.25) is 4.68 Å². The number of halogens is 1. The van der Waals surface area contributed by atoms with E-state index in [4.69, 9.17) is 0 Å². The Hall–Kier alpha value is -1.09. The molecule has 0 aliphatic rings. The quantitative estimate of drug-likeness (QED) is 0.730. The zero-order valence-electron chi connectivity index (χ0n) is 11.6. The van der Waals surface area contributed by atoms with E-state index in [1.807, 2.05) is 0 Å². The van der Waals surface area contributed by atoms with Crippen LogP contribution in [0.2, 0.25) is 0 Å². The zero-order valence-corrected chi connectivity index (χ0v) is 13.2. The third-order valence-electron chi connectivity index (χ3n) is 3.49. The summed E-state index contributed by atoms with van der Waals surface area (Å²) in [5.41, 5.74) is 3.92. The van der Waals surface area contributed by atoms with Gasteiger partial charge in [0.25, 0.3) is 0 Å². The average Bonchev–Trinajstić information content (AvgIpc) is 2.87. The van der Waals surface area contributed by atoms with Crippen LogP contribution in [0.25, 0.3) is 0 Å². The van der Waals surface area contributed by atoms with Crippen molar-refractivity contribution in [1.82, 2.24) is 9.78 Å². The van der Waals surface area contributed by atoms with E-state index in [1.165, 1.54) is 17.0 Å². The van der Waals surface area contributed by atoms with Crippen LogP contribution in [-0.4, -0.2) is 15.1 Å². The number of hydrogen-bond acceptors (Lipinski definition) is 1. The maximum absolute atomic E-state index is 4.63. The third-order valence-corrected chi connectivity index (χ3v) is 4.27. The van der Waals surface area contributed by atoms with Crippen molar-refractivity contribution in [2.45, 2.75) is 39.2 Å². The predicted molar refractivity (Wildman–Crippen MR) is 84.0 cm³/mol. The molecule has 1 atom stereocenters. The number of alkyl halides is 1. The standard InChI is InChI=1S/C16H21BrN2/c1-3-15-11-16(19(4-2)18-15)10-14(12-17)13-8-6-5-7-9-13/h5-9,11,14H,3-4,10,12H2,1-2H3. The van der Waals surface area contributed by atoms with Gasteiger partial charge in [0.1, 0.15) is 0 Å². The second-order valence-electron chi connectivity index (χ2n) is 4.76. The highest BCUT2D eigenvalue weighted by atomic mass is 79.9. The van der Waals surface area contributed by atoms with E-state index >= 15 is 0 Å². The molecule has 0 fully saturated rings. The summed E-state index contributed by atoms with van der Waals surface area (Å²) in [6, 6.07) is 13.0. The molecule has 0 aliphatic carbocycles. The maximum Gasteiger partial charge on any atom is 0.0624 e. The van der Waals surface area contributed by atoms with Crippen molar-refractivity contribution in [3.63, 3.8) is 0 Å². The highest BCUT2D eigenvalue weighted by molar-refractivity contribution is 9.09. The summed E-state index contributed by atoms with van der Waals surface area (Å²) in [7, 11) is 0. The number of rotatable bonds is 6. The van der Waals surface area contributed by atoms with Crippen LogP contribution in [0.5, 0.6) is 0 Å². The molecule has 2 aromatic rings. The van der Waals surface area contributed by atoms with Crippen molar-refractivity contribution in [3.8, 4) is 0 Å². The molecule has 19 heavy (non-hydrogen) atoms. The van der Waals surface area contributed by atoms with Gasteiger partial charge in [0.2, 0.25) is 0 Å². The molecule has 0 spiro atoms. The van der Waals surface area contributed by atoms with Crippen LogP contribution in [-0.2, 0) is 19.4 Å². The second-order valence-corrected chi connectivity index (χ2v) is 5.41. The van der Waals surface area contributed by atoms with Gasteiger partial charge in [0, 0.05) is 17.6 Å². The van der Waals surface area contributed by atoms with Crippen molar-refractivity contribution >= 4 is 15.9 Å². The van der Waals surface area contributed by atoms with Crippen molar-refractivity contribution in [2.75, 3.05) is 5.33 Å². The van der Waals surface area contributed by atoms with E-state index in [1.54, 1.807) is 0 Å². The number of hydrogen-bond donors (Lipinski definition) is 0. The summed E-state index contributed by atoms with van der Waals surface area (Å²) in [6.07, 6.45) is 2.04. The summed E-state index contributed by atoms with van der Waals surface area (Å²) < 4.78 is 2.14. The van der Waals surface area contributed by atoms with Gasteiger partial charge in [0.05, 0.1) is 5.69 Å². The van der Waals surface area contributed by atoms with Crippen LogP contribution in [0.4, 0.5) is 0 Å². The summed E-state index contributed by atoms with van der Waals surface area (Å²) in [5, 5.41) is 5.61. The first-order chi connectivity index (χ1) is 9.28. The number of aryl methyl sites for hydroxylation is 2. The van der Waals surface area contributed by atoms with Crippen LogP contribution in [0.1, 0.15) is 36.7 Å². The Kier molecular flexibility index (Phi) is 5.20. The Labute approximate surface area is 124 Å². The lowest BCUT2D eigenvalue weighted by atomic mass is 9.96. The molecule has 0 N–H and O–H groups in total. The molecule has 0 radical (unpaired) electrons. The van der Waals surface area contributed by atoms with E-state index in [0.29, 0.717) is 5.92 Å². The van der Waals surface area contributed by atoms with Gasteiger partial charge in [-0.2, -0.15) is 5.10 Å². The molecule has 2 rings (SSSR count). The summed E-state index contributed by atoms with van der Waals surface area (Å²) >= 11 is 3.65. The molecule has 1 aromatic heterocycles. The smallest absolute Gasteiger partial charge is 0.0624 e. The molecule has 1 heterocycles. The number of nitrogens with zero attached hydrogens (tertiary/aromatic N) is 2. The van der Waals surface area contributed by atoms with Gasteiger partial charge >= 0.3 is 0 Å². The van der Waals surface area contributed by atoms with E-state index in [2.05, 4.69) is 76.0 Å². The van der Waals surface area contributed by atoms with E-state index < -0.39 is 0 Å². The second kappa shape index (κ2) is 6.90. The molecule has 2 nitrogen and oxygen atoms in total. The molecule has 0 saturated carbocycles. The largest absolute Gasteiger partial charge is 0.270 e. The molecule has 0 amide bonds. The Bertz CT molecular complexity index is 505. The van der Waals surface area contributed by atoms with Gasteiger partial charge in [-0.25, -0.2) is 0 Å². The highest BCUT2D eigenvalue weighted by Gasteiger charge is 2.14. The van der Waals surface area contributed by atoms with E-state index in [0.717, 1.165) is 24.7 Å². The van der Waals surface area contributed by atoms with Gasteiger partial charge in [-0.1, -0.05) is 53.2 Å². The van der Waals surface area contributed by atoms with Gasteiger partial charge in [0.15, 0.2) is 0 Å². The summed E-state index contributed by atoms with van der Waals surface area (Å²) in [6.45, 7) is 5.26. The summed E-state index contributed by atoms with van der Waals surface area (Å²) in [4.78, 5) is 0. The normalized spacial score (nSPS) is 12.6. The fraction of sp³-hybridized carbons (Fsp3) is 0.438. The average molecular weight is 321 g/mol. The lowest BCUT2D eigenvalue weighted by Crippen LogP contribution is -2.09. The molecule has 1 unspecified atom stereocenters. The molecule has 0 aliphatic heterocycles. The maximum atomic E-state index is 4.63. The van der Waals surface area contributed by atoms with Crippen LogP contribution in [0.3, 0.4) is 0 Å². The number of benzene rings is 1. The molecular weight excluding hydrogens is 300 g/mol. The minimum Gasteiger partial charge on any atom is -0.270 e. The SMILES string of the molecule is CCc1cc(CC(CBr)c2ccccc2)n(CC)n1. The molecule has 0 bridgehead atoms. The van der Waals surface area contributed by atoms with Crippen LogP contribution < -0.4 is 0 Å². The predicted octanol–water partition coefficient (Wildman–Crippen LogP) is 4.19. The minimum atomic E-state index is 0.507. The first kappa shape index (κ1) is 14.3. The third kappa shape index (κ3) is 3.47. The Balaban J connectivity index is 2.21. The lowest BCUT2D eigenvalue weighted by molar-refractivity contribution is 0.594. The fourth-order valence-corrected chi connectivity index (χ4v) is 2.97. The lowest BCUT2D eigenvalue weighted by Gasteiger charge is -2.15. The van der Waals surface area contributed by atoms with Crippen molar-refractivity contribution in [1.29, 1.82) is 0 Å². The monoisotopic (exact) mass is 320 g/mol. The molecule has 1 aromatic carbocycles. The minimum absolute atomic E-state index is 0.507. The first-order valence-electron chi connectivity index (χ1n) is 6.95. The highest BCUT2D eigenvalue weighted by Crippen LogP contribution is 2.23. The van der Waals surface area contributed by atoms with Crippen molar-refractivity contribution in [2.24, 2.45) is 0 Å². The van der Waals surface area contributed by atoms with Crippen LogP contribution >= 0.6 is 15.9 Å². The molecule has 0 saturated heterocycles. The Morgan fingerprint density at radius 1 is 1.21 bits per heavy atom. The van der Waals surface area contributed by atoms with Gasteiger partial charge < -0.3 is 0 Å². The molecule has 102 valence electrons. The van der Waals surface area contributed by atoms with Gasteiger partial charge in [-0.05, 0) is 37.3 Å². The number of aromatic nitrogens is 2. The molecule has 3 heteroatoms. The Morgan fingerprint density at radius 2 is 1.95 bits per heavy atom. The summed E-state index contributed by atoms with van der Waals surface area (Å²) in [5.74, 6) is 0.507. The van der Waals surface area contributed by atoms with Crippen LogP contribution in [0.15, 0.2) is 36.4 Å². The van der Waals surface area contributed by atoms with Crippen LogP contribution in [0, 0.1) is 0 Å². The van der Waals surface area contributed by atoms with E-state index in [-0.39, 0.29) is 0 Å².